The number of rotatable bonds is 1. The van der Waals surface area contributed by atoms with E-state index in [1.165, 1.54) is 93.1 Å². The molecule has 4 aromatic heterocycles. The second-order valence-corrected chi connectivity index (χ2v) is 12.7. The number of nitrogens with zero attached hydrogens (tertiary/aromatic N) is 3. The van der Waals surface area contributed by atoms with Gasteiger partial charge in [0.25, 0.3) is 0 Å². The molecule has 4 bridgehead atoms. The minimum atomic E-state index is 0.372. The summed E-state index contributed by atoms with van der Waals surface area (Å²) in [5.74, 6) is 2.83. The molecule has 4 aliphatic carbocycles. The van der Waals surface area contributed by atoms with Crippen molar-refractivity contribution in [2.75, 3.05) is 0 Å². The molecule has 10 rings (SSSR count). The Labute approximate surface area is 211 Å². The van der Waals surface area contributed by atoms with Crippen LogP contribution in [0.3, 0.4) is 0 Å². The number of pyridine rings is 3. The largest absolute Gasteiger partial charge is 0.292 e. The Balaban J connectivity index is 1.51. The molecule has 6 aromatic rings. The molecule has 0 N–H and O–H groups in total. The molecule has 0 saturated heterocycles. The van der Waals surface area contributed by atoms with Crippen molar-refractivity contribution in [2.45, 2.75) is 57.8 Å². The Bertz CT molecular complexity index is 1870. The highest BCUT2D eigenvalue weighted by molar-refractivity contribution is 6.25. The molecule has 178 valence electrons. The van der Waals surface area contributed by atoms with E-state index in [2.05, 4.69) is 72.5 Å². The number of hydrogen-bond acceptors (Lipinski definition) is 1. The van der Waals surface area contributed by atoms with Crippen LogP contribution >= 0.6 is 0 Å². The van der Waals surface area contributed by atoms with Crippen LogP contribution in [-0.2, 0) is 12.5 Å². The molecule has 0 atom stereocenters. The van der Waals surface area contributed by atoms with E-state index in [-0.39, 0.29) is 0 Å². The van der Waals surface area contributed by atoms with E-state index in [1.807, 2.05) is 6.20 Å². The molecule has 4 heterocycles. The molecule has 4 saturated carbocycles. The van der Waals surface area contributed by atoms with E-state index in [4.69, 9.17) is 4.98 Å². The Kier molecular flexibility index (Phi) is 3.53. The Morgan fingerprint density at radius 1 is 0.917 bits per heavy atom. The van der Waals surface area contributed by atoms with Gasteiger partial charge in [0.1, 0.15) is 12.7 Å². The molecular weight excluding hydrogens is 438 g/mol. The van der Waals surface area contributed by atoms with Crippen molar-refractivity contribution >= 4 is 49.1 Å². The van der Waals surface area contributed by atoms with Crippen LogP contribution in [0.2, 0.25) is 0 Å². The van der Waals surface area contributed by atoms with E-state index in [0.717, 1.165) is 23.4 Å². The maximum Gasteiger partial charge on any atom is 0.224 e. The molecule has 0 aliphatic heterocycles. The first-order valence-electron chi connectivity index (χ1n) is 13.9. The zero-order valence-corrected chi connectivity index (χ0v) is 21.4. The normalized spacial score (nSPS) is 27.6. The minimum absolute atomic E-state index is 0.372. The van der Waals surface area contributed by atoms with E-state index in [9.17, 15) is 0 Å². The molecule has 4 fully saturated rings. The van der Waals surface area contributed by atoms with Gasteiger partial charge < -0.3 is 0 Å². The zero-order chi connectivity index (χ0) is 23.9. The summed E-state index contributed by atoms with van der Waals surface area (Å²) in [7, 11) is 2.22. The third-order valence-corrected chi connectivity index (χ3v) is 10.7. The van der Waals surface area contributed by atoms with Gasteiger partial charge in [0.2, 0.25) is 5.52 Å². The van der Waals surface area contributed by atoms with Gasteiger partial charge in [-0.05, 0) is 128 Å². The van der Waals surface area contributed by atoms with Crippen LogP contribution in [0.25, 0.3) is 49.1 Å². The van der Waals surface area contributed by atoms with E-state index in [0.29, 0.717) is 5.41 Å². The first kappa shape index (κ1) is 19.9. The quantitative estimate of drug-likeness (QED) is 0.140. The number of aromatic nitrogens is 3. The summed E-state index contributed by atoms with van der Waals surface area (Å²) in [6.45, 7) is 4.56. The third kappa shape index (κ3) is 2.27. The van der Waals surface area contributed by atoms with Crippen LogP contribution in [-0.4, -0.2) is 9.38 Å². The average Bonchev–Trinajstić information content (AvgIpc) is 3.19. The number of benzene rings is 2. The fourth-order valence-electron chi connectivity index (χ4n) is 9.48. The molecular formula is C33H32N3+. The van der Waals surface area contributed by atoms with Crippen LogP contribution in [0, 0.1) is 31.6 Å². The monoisotopic (exact) mass is 470 g/mol. The van der Waals surface area contributed by atoms with Crippen molar-refractivity contribution in [3.8, 4) is 0 Å². The van der Waals surface area contributed by atoms with Crippen LogP contribution in [0.15, 0.2) is 48.8 Å². The van der Waals surface area contributed by atoms with Gasteiger partial charge in [-0.25, -0.2) is 9.55 Å². The lowest BCUT2D eigenvalue weighted by atomic mass is 9.48. The maximum atomic E-state index is 4.98. The highest BCUT2D eigenvalue weighted by Crippen LogP contribution is 2.61. The minimum Gasteiger partial charge on any atom is -0.292 e. The van der Waals surface area contributed by atoms with Crippen molar-refractivity contribution in [3.05, 3.63) is 65.5 Å². The van der Waals surface area contributed by atoms with Crippen molar-refractivity contribution in [1.82, 2.24) is 9.38 Å². The number of aryl methyl sites for hydroxylation is 3. The molecule has 0 unspecified atom stereocenters. The van der Waals surface area contributed by atoms with Gasteiger partial charge in [0.05, 0.1) is 21.8 Å². The lowest BCUT2D eigenvalue weighted by Gasteiger charge is -2.57. The highest BCUT2D eigenvalue weighted by Gasteiger charge is 2.51. The Morgan fingerprint density at radius 2 is 1.67 bits per heavy atom. The van der Waals surface area contributed by atoms with Crippen LogP contribution in [0.5, 0.6) is 0 Å². The number of hydrogen-bond donors (Lipinski definition) is 0. The van der Waals surface area contributed by atoms with Gasteiger partial charge in [-0.15, -0.1) is 0 Å². The predicted molar refractivity (Wildman–Crippen MR) is 147 cm³/mol. The van der Waals surface area contributed by atoms with Gasteiger partial charge in [0.15, 0.2) is 6.20 Å². The summed E-state index contributed by atoms with van der Waals surface area (Å²) in [5.41, 5.74) is 9.85. The highest BCUT2D eigenvalue weighted by atomic mass is 15.0. The molecule has 3 nitrogen and oxygen atoms in total. The predicted octanol–water partition coefficient (Wildman–Crippen LogP) is 7.29. The molecule has 4 aliphatic rings. The van der Waals surface area contributed by atoms with Crippen LogP contribution in [0.1, 0.15) is 55.2 Å². The van der Waals surface area contributed by atoms with Crippen molar-refractivity contribution in [2.24, 2.45) is 24.8 Å². The Morgan fingerprint density at radius 3 is 2.42 bits per heavy atom. The van der Waals surface area contributed by atoms with Gasteiger partial charge in [0, 0.05) is 23.0 Å². The summed E-state index contributed by atoms with van der Waals surface area (Å²) >= 11 is 0. The summed E-state index contributed by atoms with van der Waals surface area (Å²) < 4.78 is 4.87. The molecule has 0 radical (unpaired) electrons. The van der Waals surface area contributed by atoms with E-state index in [1.54, 1.807) is 5.56 Å². The van der Waals surface area contributed by atoms with Crippen molar-refractivity contribution < 1.29 is 4.57 Å². The van der Waals surface area contributed by atoms with E-state index < -0.39 is 0 Å². The molecule has 36 heavy (non-hydrogen) atoms. The third-order valence-electron chi connectivity index (χ3n) is 10.7. The summed E-state index contributed by atoms with van der Waals surface area (Å²) in [4.78, 5) is 4.98. The standard InChI is InChI=1S/C33H32N3/c1-18-9-26-25-5-4-7-34-32(25)36-27-14-24(33-15-20-10-21(16-33)12-22(11-20)17-33)13-23-6-8-35(3)31(29(23)27)28(19(18)2)30(26)36/h4-9,13-14,20-22H,10-12,15-17H2,1-3H3/q+1. The fourth-order valence-corrected chi connectivity index (χ4v) is 9.48. The molecule has 3 heteroatoms. The first-order valence-corrected chi connectivity index (χ1v) is 13.9. The first-order chi connectivity index (χ1) is 17.5. The fraction of sp³-hybridized carbons (Fsp3) is 0.394. The van der Waals surface area contributed by atoms with Gasteiger partial charge in [-0.3, -0.25) is 4.40 Å². The lowest BCUT2D eigenvalue weighted by Crippen LogP contribution is -2.48. The zero-order valence-electron chi connectivity index (χ0n) is 21.4. The van der Waals surface area contributed by atoms with Gasteiger partial charge in [-0.2, -0.15) is 0 Å². The van der Waals surface area contributed by atoms with E-state index >= 15 is 0 Å². The molecule has 0 amide bonds. The maximum absolute atomic E-state index is 4.98. The summed E-state index contributed by atoms with van der Waals surface area (Å²) in [6, 6.07) is 14.3. The number of fused-ring (bicyclic) bond motifs is 5. The molecule has 2 aromatic carbocycles. The van der Waals surface area contributed by atoms with Gasteiger partial charge in [-0.1, -0.05) is 0 Å². The van der Waals surface area contributed by atoms with Gasteiger partial charge >= 0.3 is 0 Å². The second-order valence-electron chi connectivity index (χ2n) is 12.7. The lowest BCUT2D eigenvalue weighted by molar-refractivity contribution is -0.643. The Hall–Kier alpha value is -3.20. The molecule has 0 spiro atoms. The second kappa shape index (κ2) is 6.37. The average molecular weight is 471 g/mol. The van der Waals surface area contributed by atoms with Crippen LogP contribution < -0.4 is 4.57 Å². The topological polar surface area (TPSA) is 21.2 Å². The smallest absolute Gasteiger partial charge is 0.224 e. The summed E-state index contributed by atoms with van der Waals surface area (Å²) in [6.07, 6.45) is 12.9. The van der Waals surface area contributed by atoms with Crippen molar-refractivity contribution in [3.63, 3.8) is 0 Å². The summed E-state index contributed by atoms with van der Waals surface area (Å²) in [5, 5.41) is 6.76. The van der Waals surface area contributed by atoms with Crippen LogP contribution in [0.4, 0.5) is 0 Å². The SMILES string of the molecule is Cc1cc2c3cccnc3n3c4cc(C56CC7CC(CC(C7)C5)C6)cc5cc[n+](C)c(c(c1C)c23)c54. The van der Waals surface area contributed by atoms with Crippen molar-refractivity contribution in [1.29, 1.82) is 0 Å².